The maximum atomic E-state index is 6.12. The molecular weight excluding hydrogens is 234 g/mol. The van der Waals surface area contributed by atoms with Gasteiger partial charge in [0.2, 0.25) is 0 Å². The molecule has 0 amide bonds. The molecule has 106 valence electrons. The van der Waals surface area contributed by atoms with Gasteiger partial charge in [0.05, 0.1) is 0 Å². The second-order valence-corrected chi connectivity index (χ2v) is 6.09. The fourth-order valence-electron chi connectivity index (χ4n) is 2.88. The highest BCUT2D eigenvalue weighted by molar-refractivity contribution is 5.27. The van der Waals surface area contributed by atoms with E-state index in [4.69, 9.17) is 5.73 Å². The quantitative estimate of drug-likeness (QED) is 0.891. The lowest BCUT2D eigenvalue weighted by atomic mass is 9.88. The van der Waals surface area contributed by atoms with Crippen LogP contribution in [-0.4, -0.2) is 55.1 Å². The molecular formula is C16H27N3. The first kappa shape index (κ1) is 14.5. The molecule has 19 heavy (non-hydrogen) atoms. The molecule has 0 aromatic heterocycles. The molecule has 1 aliphatic rings. The van der Waals surface area contributed by atoms with E-state index in [0.29, 0.717) is 6.54 Å². The van der Waals surface area contributed by atoms with Crippen LogP contribution >= 0.6 is 0 Å². The Labute approximate surface area is 117 Å². The van der Waals surface area contributed by atoms with E-state index in [2.05, 4.69) is 55.0 Å². The molecule has 0 aliphatic carbocycles. The fourth-order valence-corrected chi connectivity index (χ4v) is 2.88. The molecule has 3 nitrogen and oxygen atoms in total. The zero-order valence-electron chi connectivity index (χ0n) is 12.5. The maximum absolute atomic E-state index is 6.12. The van der Waals surface area contributed by atoms with Crippen LogP contribution in [0.5, 0.6) is 0 Å². The van der Waals surface area contributed by atoms with Gasteiger partial charge in [0.1, 0.15) is 0 Å². The monoisotopic (exact) mass is 261 g/mol. The summed E-state index contributed by atoms with van der Waals surface area (Å²) in [5.41, 5.74) is 8.99. The summed E-state index contributed by atoms with van der Waals surface area (Å²) < 4.78 is 0. The Balaban J connectivity index is 2.12. The molecule has 1 atom stereocenters. The van der Waals surface area contributed by atoms with Crippen molar-refractivity contribution in [1.29, 1.82) is 0 Å². The first-order valence-corrected chi connectivity index (χ1v) is 7.23. The van der Waals surface area contributed by atoms with E-state index in [0.717, 1.165) is 32.6 Å². The molecule has 0 spiro atoms. The van der Waals surface area contributed by atoms with Crippen LogP contribution in [0, 0.1) is 6.92 Å². The molecule has 0 bridgehead atoms. The largest absolute Gasteiger partial charge is 0.329 e. The standard InChI is InChI=1S/C16H27N3/c1-14-6-4-5-7-15(14)12-16(2,13-17)19-10-8-18(3)9-11-19/h4-7H,8-13,17H2,1-3H3. The van der Waals surface area contributed by atoms with Gasteiger partial charge in [0.25, 0.3) is 0 Å². The van der Waals surface area contributed by atoms with Crippen LogP contribution in [0.4, 0.5) is 0 Å². The highest BCUT2D eigenvalue weighted by Gasteiger charge is 2.32. The van der Waals surface area contributed by atoms with Crippen molar-refractivity contribution in [2.24, 2.45) is 5.73 Å². The fraction of sp³-hybridized carbons (Fsp3) is 0.625. The number of hydrogen-bond donors (Lipinski definition) is 1. The highest BCUT2D eigenvalue weighted by atomic mass is 15.3. The van der Waals surface area contributed by atoms with Crippen molar-refractivity contribution in [2.45, 2.75) is 25.8 Å². The number of rotatable bonds is 4. The lowest BCUT2D eigenvalue weighted by molar-refractivity contribution is 0.0559. The Morgan fingerprint density at radius 2 is 1.79 bits per heavy atom. The summed E-state index contributed by atoms with van der Waals surface area (Å²) >= 11 is 0. The smallest absolute Gasteiger partial charge is 0.0344 e. The molecule has 2 rings (SSSR count). The van der Waals surface area contributed by atoms with Crippen LogP contribution < -0.4 is 5.73 Å². The number of hydrogen-bond acceptors (Lipinski definition) is 3. The van der Waals surface area contributed by atoms with Gasteiger partial charge in [-0.1, -0.05) is 24.3 Å². The first-order chi connectivity index (χ1) is 9.05. The molecule has 2 N–H and O–H groups in total. The van der Waals surface area contributed by atoms with Crippen LogP contribution in [0.1, 0.15) is 18.1 Å². The number of likely N-dealkylation sites (N-methyl/N-ethyl adjacent to an activating group) is 1. The number of aryl methyl sites for hydroxylation is 1. The lowest BCUT2D eigenvalue weighted by Crippen LogP contribution is -2.59. The van der Waals surface area contributed by atoms with E-state index >= 15 is 0 Å². The second kappa shape index (κ2) is 6.04. The SMILES string of the molecule is Cc1ccccc1CC(C)(CN)N1CCN(C)CC1. The Kier molecular flexibility index (Phi) is 4.61. The zero-order valence-corrected chi connectivity index (χ0v) is 12.5. The predicted molar refractivity (Wildman–Crippen MR) is 81.4 cm³/mol. The van der Waals surface area contributed by atoms with E-state index in [1.807, 2.05) is 0 Å². The van der Waals surface area contributed by atoms with Crippen molar-refractivity contribution in [3.63, 3.8) is 0 Å². The van der Waals surface area contributed by atoms with E-state index in [1.54, 1.807) is 0 Å². The molecule has 3 heteroatoms. The number of nitrogens with two attached hydrogens (primary N) is 1. The molecule has 1 aromatic rings. The van der Waals surface area contributed by atoms with Gasteiger partial charge in [-0.2, -0.15) is 0 Å². The third-order valence-electron chi connectivity index (χ3n) is 4.54. The molecule has 1 saturated heterocycles. The summed E-state index contributed by atoms with van der Waals surface area (Å²) in [7, 11) is 2.19. The summed E-state index contributed by atoms with van der Waals surface area (Å²) in [6, 6.07) is 8.66. The van der Waals surface area contributed by atoms with Crippen LogP contribution in [-0.2, 0) is 6.42 Å². The van der Waals surface area contributed by atoms with E-state index in [9.17, 15) is 0 Å². The Morgan fingerprint density at radius 3 is 2.37 bits per heavy atom. The number of piperazine rings is 1. The molecule has 1 aliphatic heterocycles. The van der Waals surface area contributed by atoms with Crippen molar-refractivity contribution in [3.05, 3.63) is 35.4 Å². The Hall–Kier alpha value is -0.900. The normalized spacial score (nSPS) is 21.3. The molecule has 0 saturated carbocycles. The van der Waals surface area contributed by atoms with Crippen molar-refractivity contribution in [1.82, 2.24) is 9.80 Å². The predicted octanol–water partition coefficient (Wildman–Crippen LogP) is 1.50. The zero-order chi connectivity index (χ0) is 13.9. The summed E-state index contributed by atoms with van der Waals surface area (Å²) in [4.78, 5) is 4.96. The van der Waals surface area contributed by atoms with Crippen molar-refractivity contribution in [2.75, 3.05) is 39.8 Å². The Morgan fingerprint density at radius 1 is 1.16 bits per heavy atom. The van der Waals surface area contributed by atoms with Gasteiger partial charge < -0.3 is 10.6 Å². The summed E-state index contributed by atoms with van der Waals surface area (Å²) in [5, 5.41) is 0. The van der Waals surface area contributed by atoms with Gasteiger partial charge in [-0.15, -0.1) is 0 Å². The maximum Gasteiger partial charge on any atom is 0.0344 e. The van der Waals surface area contributed by atoms with Crippen LogP contribution in [0.3, 0.4) is 0 Å². The van der Waals surface area contributed by atoms with E-state index in [-0.39, 0.29) is 5.54 Å². The first-order valence-electron chi connectivity index (χ1n) is 7.23. The minimum atomic E-state index is 0.0768. The van der Waals surface area contributed by atoms with Crippen LogP contribution in [0.15, 0.2) is 24.3 Å². The number of nitrogens with zero attached hydrogens (tertiary/aromatic N) is 2. The summed E-state index contributed by atoms with van der Waals surface area (Å²) in [6.07, 6.45) is 1.04. The van der Waals surface area contributed by atoms with E-state index < -0.39 is 0 Å². The topological polar surface area (TPSA) is 32.5 Å². The lowest BCUT2D eigenvalue weighted by Gasteiger charge is -2.45. The van der Waals surface area contributed by atoms with Gasteiger partial charge >= 0.3 is 0 Å². The molecule has 1 unspecified atom stereocenters. The van der Waals surface area contributed by atoms with Gasteiger partial charge in [-0.05, 0) is 38.4 Å². The van der Waals surface area contributed by atoms with Gasteiger partial charge in [-0.25, -0.2) is 0 Å². The third kappa shape index (κ3) is 3.35. The van der Waals surface area contributed by atoms with E-state index in [1.165, 1.54) is 11.1 Å². The Bertz CT molecular complexity index is 410. The second-order valence-electron chi connectivity index (χ2n) is 6.09. The summed E-state index contributed by atoms with van der Waals surface area (Å²) in [6.45, 7) is 9.74. The van der Waals surface area contributed by atoms with Gasteiger partial charge in [0.15, 0.2) is 0 Å². The molecule has 1 heterocycles. The minimum Gasteiger partial charge on any atom is -0.329 e. The third-order valence-corrected chi connectivity index (χ3v) is 4.54. The van der Waals surface area contributed by atoms with Gasteiger partial charge in [0, 0.05) is 38.3 Å². The van der Waals surface area contributed by atoms with Gasteiger partial charge in [-0.3, -0.25) is 4.90 Å². The average Bonchev–Trinajstić information content (AvgIpc) is 2.42. The highest BCUT2D eigenvalue weighted by Crippen LogP contribution is 2.23. The molecule has 0 radical (unpaired) electrons. The van der Waals surface area contributed by atoms with Crippen LogP contribution in [0.2, 0.25) is 0 Å². The van der Waals surface area contributed by atoms with Crippen molar-refractivity contribution >= 4 is 0 Å². The average molecular weight is 261 g/mol. The minimum absolute atomic E-state index is 0.0768. The summed E-state index contributed by atoms with van der Waals surface area (Å²) in [5.74, 6) is 0. The molecule has 1 aromatic carbocycles. The van der Waals surface area contributed by atoms with Crippen LogP contribution in [0.25, 0.3) is 0 Å². The van der Waals surface area contributed by atoms with Crippen molar-refractivity contribution < 1.29 is 0 Å². The van der Waals surface area contributed by atoms with Crippen molar-refractivity contribution in [3.8, 4) is 0 Å². The molecule has 1 fully saturated rings. The number of benzene rings is 1.